The molecule has 0 aromatic heterocycles. The molecule has 1 amide bonds. The van der Waals surface area contributed by atoms with Gasteiger partial charge in [0.05, 0.1) is 18.1 Å². The normalized spacial score (nSPS) is 36.5. The van der Waals surface area contributed by atoms with Crippen LogP contribution in [0.15, 0.2) is 0 Å². The van der Waals surface area contributed by atoms with Crippen LogP contribution in [0.3, 0.4) is 0 Å². The van der Waals surface area contributed by atoms with E-state index in [1.165, 1.54) is 0 Å². The van der Waals surface area contributed by atoms with Crippen molar-refractivity contribution in [3.8, 4) is 0 Å². The number of likely N-dealkylation sites (N-methyl/N-ethyl adjacent to an activating group) is 1. The fourth-order valence-electron chi connectivity index (χ4n) is 3.87. The molecular formula is C17H29N3O5S. The highest BCUT2D eigenvalue weighted by Gasteiger charge is 2.49. The Bertz CT molecular complexity index is 544. The number of nitrogens with one attached hydrogen (secondary N) is 2. The van der Waals surface area contributed by atoms with Gasteiger partial charge in [0.15, 0.2) is 0 Å². The molecule has 2 fully saturated rings. The number of hydrogen-bond acceptors (Lipinski definition) is 7. The van der Waals surface area contributed by atoms with Gasteiger partial charge in [-0.05, 0) is 19.3 Å². The molecule has 0 aromatic carbocycles. The number of nitrogens with zero attached hydrogens (tertiary/aromatic N) is 1. The Morgan fingerprint density at radius 3 is 2.50 bits per heavy atom. The lowest BCUT2D eigenvalue weighted by Gasteiger charge is -2.27. The minimum atomic E-state index is -0.959. The van der Waals surface area contributed by atoms with E-state index >= 15 is 0 Å². The van der Waals surface area contributed by atoms with Gasteiger partial charge >= 0.3 is 5.97 Å². The number of hydrogen-bond donors (Lipinski definition) is 4. The van der Waals surface area contributed by atoms with Crippen LogP contribution in [0.25, 0.3) is 0 Å². The van der Waals surface area contributed by atoms with Crippen LogP contribution in [0.5, 0.6) is 0 Å². The molecule has 8 atom stereocenters. The second-order valence-electron chi connectivity index (χ2n) is 7.47. The van der Waals surface area contributed by atoms with E-state index in [0.29, 0.717) is 19.3 Å². The minimum Gasteiger partial charge on any atom is -0.480 e. The molecule has 2 saturated heterocycles. The van der Waals surface area contributed by atoms with Gasteiger partial charge in [-0.15, -0.1) is 0 Å². The highest BCUT2D eigenvalue weighted by Crippen LogP contribution is 2.39. The van der Waals surface area contributed by atoms with E-state index in [4.69, 9.17) is 0 Å². The summed E-state index contributed by atoms with van der Waals surface area (Å²) in [6.45, 7) is 4.10. The topological polar surface area (TPSA) is 119 Å². The first kappa shape index (κ1) is 21.1. The molecule has 2 aliphatic heterocycles. The van der Waals surface area contributed by atoms with E-state index in [1.807, 2.05) is 6.92 Å². The summed E-state index contributed by atoms with van der Waals surface area (Å²) in [5.41, 5.74) is 0. The standard InChI is InChI=1S/C17H29N3O5S/c1-8-13(11(7-21)9(2)22)19-14(17(24)25)15(8)26-10-5-12(18-6-10)16(23)20(3)4/h7-15,18-19,22H,5-6H2,1-4H3,(H,24,25)/t8-,9-,10+,11-,12+,13-,14+,15+/m1/s1. The fraction of sp³-hybridized carbons (Fsp3) is 0.824. The van der Waals surface area contributed by atoms with Gasteiger partial charge in [-0.3, -0.25) is 14.9 Å². The second kappa shape index (κ2) is 8.69. The van der Waals surface area contributed by atoms with Gasteiger partial charge < -0.3 is 25.2 Å². The Balaban J connectivity index is 2.08. The van der Waals surface area contributed by atoms with Crippen LogP contribution in [0.1, 0.15) is 20.3 Å². The first-order valence-corrected chi connectivity index (χ1v) is 9.83. The molecule has 148 valence electrons. The Morgan fingerprint density at radius 1 is 1.35 bits per heavy atom. The van der Waals surface area contributed by atoms with E-state index in [2.05, 4.69) is 10.6 Å². The molecular weight excluding hydrogens is 358 g/mol. The Hall–Kier alpha value is -1.16. The highest BCUT2D eigenvalue weighted by atomic mass is 32.2. The van der Waals surface area contributed by atoms with Gasteiger partial charge in [-0.25, -0.2) is 0 Å². The number of aldehydes is 1. The largest absolute Gasteiger partial charge is 0.480 e. The summed E-state index contributed by atoms with van der Waals surface area (Å²) in [6.07, 6.45) is 0.504. The molecule has 0 radical (unpaired) electrons. The number of aliphatic carboxylic acids is 1. The lowest BCUT2D eigenvalue weighted by molar-refractivity contribution is -0.139. The van der Waals surface area contributed by atoms with Crippen LogP contribution >= 0.6 is 11.8 Å². The molecule has 0 aromatic rings. The summed E-state index contributed by atoms with van der Waals surface area (Å²) in [5.74, 6) is -1.69. The summed E-state index contributed by atoms with van der Waals surface area (Å²) >= 11 is 1.56. The smallest absolute Gasteiger partial charge is 0.321 e. The molecule has 0 unspecified atom stereocenters. The molecule has 0 saturated carbocycles. The Labute approximate surface area is 158 Å². The number of aliphatic hydroxyl groups excluding tert-OH is 1. The molecule has 2 aliphatic rings. The molecule has 0 bridgehead atoms. The average Bonchev–Trinajstić information content (AvgIpc) is 3.14. The highest BCUT2D eigenvalue weighted by molar-refractivity contribution is 8.00. The molecule has 4 N–H and O–H groups in total. The van der Waals surface area contributed by atoms with Gasteiger partial charge in [-0.2, -0.15) is 11.8 Å². The second-order valence-corrected chi connectivity index (χ2v) is 8.96. The van der Waals surface area contributed by atoms with Crippen molar-refractivity contribution in [2.45, 2.75) is 55.0 Å². The van der Waals surface area contributed by atoms with Crippen molar-refractivity contribution in [3.63, 3.8) is 0 Å². The first-order valence-electron chi connectivity index (χ1n) is 8.89. The molecule has 9 heteroatoms. The Kier molecular flexibility index (Phi) is 7.06. The number of carboxylic acid groups (broad SMARTS) is 1. The van der Waals surface area contributed by atoms with Gasteiger partial charge in [0.1, 0.15) is 12.3 Å². The van der Waals surface area contributed by atoms with Gasteiger partial charge in [0, 0.05) is 37.2 Å². The van der Waals surface area contributed by atoms with Gasteiger partial charge in [0.25, 0.3) is 0 Å². The maximum atomic E-state index is 12.1. The molecule has 26 heavy (non-hydrogen) atoms. The maximum absolute atomic E-state index is 12.1. The molecule has 8 nitrogen and oxygen atoms in total. The van der Waals surface area contributed by atoms with Crippen molar-refractivity contribution >= 4 is 29.9 Å². The Morgan fingerprint density at radius 2 is 2.00 bits per heavy atom. The summed E-state index contributed by atoms with van der Waals surface area (Å²) in [5, 5.41) is 25.6. The van der Waals surface area contributed by atoms with E-state index in [9.17, 15) is 24.6 Å². The van der Waals surface area contributed by atoms with Gasteiger partial charge in [0.2, 0.25) is 5.91 Å². The number of carbonyl (C=O) groups excluding carboxylic acids is 2. The van der Waals surface area contributed by atoms with Crippen molar-refractivity contribution in [1.82, 2.24) is 15.5 Å². The van der Waals surface area contributed by atoms with Crippen molar-refractivity contribution in [1.29, 1.82) is 0 Å². The summed E-state index contributed by atoms with van der Waals surface area (Å²) < 4.78 is 0. The zero-order valence-electron chi connectivity index (χ0n) is 15.6. The zero-order chi connectivity index (χ0) is 19.6. The SMILES string of the molecule is C[C@@H]1[C@H]([C@H](C=O)[C@@H](C)O)N[C@H](C(=O)O)[C@H]1S[C@@H]1CN[C@H](C(=O)N(C)C)C1. The van der Waals surface area contributed by atoms with E-state index in [1.54, 1.807) is 37.7 Å². The number of amides is 1. The lowest BCUT2D eigenvalue weighted by Crippen LogP contribution is -2.45. The zero-order valence-corrected chi connectivity index (χ0v) is 16.4. The quantitative estimate of drug-likeness (QED) is 0.418. The summed E-state index contributed by atoms with van der Waals surface area (Å²) in [7, 11) is 3.43. The summed E-state index contributed by atoms with van der Waals surface area (Å²) in [6, 6.07) is -1.42. The number of carbonyl (C=O) groups is 3. The van der Waals surface area contributed by atoms with Crippen molar-refractivity contribution in [2.24, 2.45) is 11.8 Å². The molecule has 0 aliphatic carbocycles. The predicted octanol–water partition coefficient (Wildman–Crippen LogP) is -0.836. The number of aliphatic hydroxyl groups is 1. The third-order valence-electron chi connectivity index (χ3n) is 5.36. The van der Waals surface area contributed by atoms with E-state index < -0.39 is 24.0 Å². The molecule has 2 heterocycles. The maximum Gasteiger partial charge on any atom is 0.321 e. The average molecular weight is 388 g/mol. The summed E-state index contributed by atoms with van der Waals surface area (Å²) in [4.78, 5) is 36.8. The van der Waals surface area contributed by atoms with Crippen LogP contribution < -0.4 is 10.6 Å². The van der Waals surface area contributed by atoms with Crippen LogP contribution in [-0.2, 0) is 14.4 Å². The van der Waals surface area contributed by atoms with Crippen molar-refractivity contribution < 1.29 is 24.6 Å². The monoisotopic (exact) mass is 387 g/mol. The lowest BCUT2D eigenvalue weighted by atomic mass is 9.88. The predicted molar refractivity (Wildman–Crippen MR) is 99.0 cm³/mol. The van der Waals surface area contributed by atoms with Crippen LogP contribution in [0.2, 0.25) is 0 Å². The number of carboxylic acids is 1. The number of thioether (sulfide) groups is 1. The third-order valence-corrected chi connectivity index (χ3v) is 7.12. The number of rotatable bonds is 7. The van der Waals surface area contributed by atoms with Crippen molar-refractivity contribution in [3.05, 3.63) is 0 Å². The first-order chi connectivity index (χ1) is 12.2. The molecule has 2 rings (SSSR count). The minimum absolute atomic E-state index is 0.0217. The van der Waals surface area contributed by atoms with Crippen LogP contribution in [0.4, 0.5) is 0 Å². The van der Waals surface area contributed by atoms with Gasteiger partial charge in [-0.1, -0.05) is 6.92 Å². The molecule has 0 spiro atoms. The third kappa shape index (κ3) is 4.39. The van der Waals surface area contributed by atoms with Crippen LogP contribution in [0, 0.1) is 11.8 Å². The fourth-order valence-corrected chi connectivity index (χ4v) is 5.57. The van der Waals surface area contributed by atoms with Crippen LogP contribution in [-0.4, -0.2) is 88.6 Å². The van der Waals surface area contributed by atoms with E-state index in [0.717, 1.165) is 0 Å². The van der Waals surface area contributed by atoms with Crippen molar-refractivity contribution in [2.75, 3.05) is 20.6 Å². The van der Waals surface area contributed by atoms with E-state index in [-0.39, 0.29) is 34.4 Å².